The summed E-state index contributed by atoms with van der Waals surface area (Å²) >= 11 is 0. The third kappa shape index (κ3) is 9.01. The van der Waals surface area contributed by atoms with E-state index in [9.17, 15) is 0 Å². The van der Waals surface area contributed by atoms with E-state index in [2.05, 4.69) is 0 Å². The van der Waals surface area contributed by atoms with E-state index in [0.29, 0.717) is 0 Å². The third-order valence-corrected chi connectivity index (χ3v) is 0. The first-order chi connectivity index (χ1) is 0. The molecule has 0 heterocycles. The maximum atomic E-state index is 0. The minimum absolute atomic E-state index is 0. The normalized spacial score (nSPS) is 0. The van der Waals surface area contributed by atoms with Crippen LogP contribution in [0.4, 0.5) is 0 Å². The summed E-state index contributed by atoms with van der Waals surface area (Å²) in [5.74, 6) is 0. The Morgan fingerprint density at radius 1 is 0.750 bits per heavy atom. The molecule has 0 rings (SSSR count). The zero-order valence-electron chi connectivity index (χ0n) is 1.61. The molecule has 0 saturated heterocycles. The zero-order valence-corrected chi connectivity index (χ0v) is 6.68. The van der Waals surface area contributed by atoms with Crippen LogP contribution in [-0.2, 0) is 43.3 Å². The van der Waals surface area contributed by atoms with E-state index in [-0.39, 0.29) is 68.1 Å². The Balaban J connectivity index is 0. The summed E-state index contributed by atoms with van der Waals surface area (Å²) in [4.78, 5) is 0. The Hall–Kier alpha value is 1.98. The topological polar surface area (TPSA) is 0 Å². The molecule has 0 nitrogen and oxygen atoms in total. The van der Waals surface area contributed by atoms with Gasteiger partial charge in [-0.15, -0.1) is 0 Å². The predicted molar refractivity (Wildman–Crippen MR) is 0 cm³/mol. The second-order valence-corrected chi connectivity index (χ2v) is 0. The summed E-state index contributed by atoms with van der Waals surface area (Å²) in [6.45, 7) is 0. The van der Waals surface area contributed by atoms with Gasteiger partial charge in [-0.3, -0.25) is 0 Å². The van der Waals surface area contributed by atoms with E-state index in [1.54, 1.807) is 0 Å². The SMILES string of the molecule is [Cl-].[Cl-].[Fe+2].[Zr+2]. The fraction of sp³-hybridized carbons (Fsp3) is 0. The molecule has 0 N–H and O–H groups in total. The van der Waals surface area contributed by atoms with Crippen LogP contribution in [0.3, 0.4) is 0 Å². The summed E-state index contributed by atoms with van der Waals surface area (Å²) in [5.41, 5.74) is 0. The van der Waals surface area contributed by atoms with Gasteiger partial charge in [0, 0.05) is 0 Å². The largest absolute Gasteiger partial charge is 2.00 e. The molecule has 24 valence electrons. The van der Waals surface area contributed by atoms with Crippen LogP contribution in [0, 0.1) is 0 Å². The van der Waals surface area contributed by atoms with Gasteiger partial charge in [-0.25, -0.2) is 0 Å². The zero-order chi connectivity index (χ0) is 0. The molecule has 0 spiro atoms. The molecule has 0 saturated carbocycles. The molecule has 0 aromatic carbocycles. The molecule has 0 unspecified atom stereocenters. The van der Waals surface area contributed by atoms with Crippen LogP contribution in [0.1, 0.15) is 0 Å². The molecule has 0 fully saturated rings. The van der Waals surface area contributed by atoms with Crippen molar-refractivity contribution in [2.24, 2.45) is 0 Å². The van der Waals surface area contributed by atoms with Gasteiger partial charge < -0.3 is 24.8 Å². The van der Waals surface area contributed by atoms with Gasteiger partial charge in [0.2, 0.25) is 0 Å². The summed E-state index contributed by atoms with van der Waals surface area (Å²) in [6.07, 6.45) is 0. The van der Waals surface area contributed by atoms with Crippen molar-refractivity contribution < 1.29 is 68.1 Å². The van der Waals surface area contributed by atoms with Gasteiger partial charge in [-0.1, -0.05) is 0 Å². The van der Waals surface area contributed by atoms with Crippen LogP contribution < -0.4 is 24.8 Å². The molecule has 0 aliphatic rings. The Morgan fingerprint density at radius 2 is 0.750 bits per heavy atom. The predicted octanol–water partition coefficient (Wildman–Crippen LogP) is -6.00. The standard InChI is InChI=1S/2ClH.Fe.Zr/h2*1H;;/q;;2*+2/p-2. The molecule has 0 radical (unpaired) electrons. The minimum atomic E-state index is 0. The summed E-state index contributed by atoms with van der Waals surface area (Å²) in [5, 5.41) is 0. The second-order valence-electron chi connectivity index (χ2n) is 0. The molecular formula is Cl2FeZr+2. The van der Waals surface area contributed by atoms with E-state index in [4.69, 9.17) is 0 Å². The van der Waals surface area contributed by atoms with Gasteiger partial charge in [0.25, 0.3) is 0 Å². The molecule has 0 aliphatic carbocycles. The molecule has 0 bridgehead atoms. The van der Waals surface area contributed by atoms with E-state index in [1.807, 2.05) is 0 Å². The molecule has 0 aromatic heterocycles. The third-order valence-electron chi connectivity index (χ3n) is 0. The van der Waals surface area contributed by atoms with Crippen molar-refractivity contribution in [3.8, 4) is 0 Å². The summed E-state index contributed by atoms with van der Waals surface area (Å²) in [7, 11) is 0. The van der Waals surface area contributed by atoms with Crippen LogP contribution in [0.15, 0.2) is 0 Å². The molecule has 0 aromatic rings. The van der Waals surface area contributed by atoms with Gasteiger partial charge >= 0.3 is 43.3 Å². The fourth-order valence-corrected chi connectivity index (χ4v) is 0. The van der Waals surface area contributed by atoms with Crippen molar-refractivity contribution in [2.75, 3.05) is 0 Å². The Labute approximate surface area is 67.5 Å². The Morgan fingerprint density at radius 3 is 0.750 bits per heavy atom. The van der Waals surface area contributed by atoms with Crippen molar-refractivity contribution in [3.63, 3.8) is 0 Å². The van der Waals surface area contributed by atoms with E-state index in [1.165, 1.54) is 0 Å². The van der Waals surface area contributed by atoms with Crippen molar-refractivity contribution in [3.05, 3.63) is 0 Å². The first kappa shape index (κ1) is 37.8. The summed E-state index contributed by atoms with van der Waals surface area (Å²) in [6, 6.07) is 0. The first-order valence-corrected chi connectivity index (χ1v) is 0. The van der Waals surface area contributed by atoms with Gasteiger partial charge in [0.05, 0.1) is 0 Å². The van der Waals surface area contributed by atoms with Crippen molar-refractivity contribution in [1.29, 1.82) is 0 Å². The first-order valence-electron chi connectivity index (χ1n) is 0. The van der Waals surface area contributed by atoms with Gasteiger partial charge in [0.1, 0.15) is 0 Å². The van der Waals surface area contributed by atoms with Crippen molar-refractivity contribution >= 4 is 0 Å². The van der Waals surface area contributed by atoms with E-state index in [0.717, 1.165) is 0 Å². The van der Waals surface area contributed by atoms with Gasteiger partial charge in [-0.2, -0.15) is 0 Å². The molecule has 0 aliphatic heterocycles. The van der Waals surface area contributed by atoms with E-state index >= 15 is 0 Å². The van der Waals surface area contributed by atoms with Crippen LogP contribution in [0.2, 0.25) is 0 Å². The average molecular weight is 218 g/mol. The molecule has 4 heteroatoms. The maximum absolute atomic E-state index is 0. The fourth-order valence-electron chi connectivity index (χ4n) is 0. The van der Waals surface area contributed by atoms with Crippen molar-refractivity contribution in [2.45, 2.75) is 0 Å². The molecule has 4 heavy (non-hydrogen) atoms. The second kappa shape index (κ2) is 20.1. The van der Waals surface area contributed by atoms with E-state index < -0.39 is 0 Å². The van der Waals surface area contributed by atoms with Crippen molar-refractivity contribution in [1.82, 2.24) is 0 Å². The van der Waals surface area contributed by atoms with Crippen LogP contribution in [0.25, 0.3) is 0 Å². The molecule has 0 atom stereocenters. The smallest absolute Gasteiger partial charge is 1.00 e. The quantitative estimate of drug-likeness (QED) is 0.355. The minimum Gasteiger partial charge on any atom is -1.00 e. The Bertz CT molecular complexity index is 6.00. The number of rotatable bonds is 0. The summed E-state index contributed by atoms with van der Waals surface area (Å²) < 4.78 is 0. The van der Waals surface area contributed by atoms with Crippen LogP contribution in [-0.4, -0.2) is 0 Å². The molecule has 0 amide bonds. The van der Waals surface area contributed by atoms with Gasteiger partial charge in [0.15, 0.2) is 0 Å². The Kier molecular flexibility index (Phi) is 190. The van der Waals surface area contributed by atoms with Crippen LogP contribution in [0.5, 0.6) is 0 Å². The monoisotopic (exact) mass is 216 g/mol. The number of hydrogen-bond donors (Lipinski definition) is 0. The number of hydrogen-bond acceptors (Lipinski definition) is 0. The maximum Gasteiger partial charge on any atom is 2.00 e. The molecular weight excluding hydrogens is 218 g/mol. The average Bonchev–Trinajstić information content (AvgIpc) is 0. The number of halogens is 2. The van der Waals surface area contributed by atoms with Crippen LogP contribution >= 0.6 is 0 Å². The van der Waals surface area contributed by atoms with Gasteiger partial charge in [-0.05, 0) is 0 Å².